The summed E-state index contributed by atoms with van der Waals surface area (Å²) in [6, 6.07) is 9.21. The molecule has 1 aromatic carbocycles. The van der Waals surface area contributed by atoms with Gasteiger partial charge in [0.25, 0.3) is 0 Å². The first-order chi connectivity index (χ1) is 10.4. The maximum Gasteiger partial charge on any atom is 0.230 e. The van der Waals surface area contributed by atoms with Crippen molar-refractivity contribution in [1.82, 2.24) is 5.32 Å². The monoisotopic (exact) mass is 300 g/mol. The summed E-state index contributed by atoms with van der Waals surface area (Å²) in [7, 11) is 0. The van der Waals surface area contributed by atoms with Gasteiger partial charge in [0.2, 0.25) is 5.91 Å². The van der Waals surface area contributed by atoms with Crippen molar-refractivity contribution in [3.63, 3.8) is 0 Å². The van der Waals surface area contributed by atoms with Crippen LogP contribution in [0.3, 0.4) is 0 Å². The summed E-state index contributed by atoms with van der Waals surface area (Å²) in [5, 5.41) is 22.4. The van der Waals surface area contributed by atoms with Crippen LogP contribution in [-0.4, -0.2) is 23.2 Å². The van der Waals surface area contributed by atoms with E-state index < -0.39 is 11.0 Å². The molecular formula is C18H24N2O2. The number of nitriles is 1. The molecule has 22 heavy (non-hydrogen) atoms. The number of amides is 1. The molecule has 0 aromatic heterocycles. The van der Waals surface area contributed by atoms with E-state index in [1.54, 1.807) is 18.2 Å². The minimum Gasteiger partial charge on any atom is -0.388 e. The Hall–Kier alpha value is -1.86. The van der Waals surface area contributed by atoms with Gasteiger partial charge in [-0.25, -0.2) is 0 Å². The molecule has 1 aromatic rings. The van der Waals surface area contributed by atoms with E-state index in [0.29, 0.717) is 12.1 Å². The Labute approximate surface area is 132 Å². The van der Waals surface area contributed by atoms with E-state index in [9.17, 15) is 9.90 Å². The van der Waals surface area contributed by atoms with Crippen molar-refractivity contribution in [3.05, 3.63) is 35.4 Å². The lowest BCUT2D eigenvalue weighted by Crippen LogP contribution is -2.48. The number of hydrogen-bond acceptors (Lipinski definition) is 3. The van der Waals surface area contributed by atoms with E-state index in [1.165, 1.54) is 0 Å². The molecule has 1 amide bonds. The highest BCUT2D eigenvalue weighted by Crippen LogP contribution is 2.28. The third kappa shape index (κ3) is 3.66. The maximum absolute atomic E-state index is 12.5. The lowest BCUT2D eigenvalue weighted by Gasteiger charge is -2.33. The normalized spacial score (nSPS) is 17.5. The van der Waals surface area contributed by atoms with Crippen LogP contribution < -0.4 is 5.32 Å². The van der Waals surface area contributed by atoms with E-state index in [-0.39, 0.29) is 5.91 Å². The lowest BCUT2D eigenvalue weighted by atomic mass is 9.81. The SMILES string of the molecule is CC(C)(C(=O)NCC1(O)CCCCC1)c1cccc(C#N)c1. The largest absolute Gasteiger partial charge is 0.388 e. The molecule has 4 nitrogen and oxygen atoms in total. The van der Waals surface area contributed by atoms with Crippen molar-refractivity contribution in [2.45, 2.75) is 57.0 Å². The topological polar surface area (TPSA) is 73.1 Å². The van der Waals surface area contributed by atoms with Crippen LogP contribution in [0.4, 0.5) is 0 Å². The lowest BCUT2D eigenvalue weighted by molar-refractivity contribution is -0.127. The fourth-order valence-electron chi connectivity index (χ4n) is 2.96. The van der Waals surface area contributed by atoms with Crippen LogP contribution in [0, 0.1) is 11.3 Å². The van der Waals surface area contributed by atoms with E-state index in [1.807, 2.05) is 19.9 Å². The van der Waals surface area contributed by atoms with Crippen molar-refractivity contribution in [3.8, 4) is 6.07 Å². The van der Waals surface area contributed by atoms with Gasteiger partial charge in [0.15, 0.2) is 0 Å². The zero-order valence-electron chi connectivity index (χ0n) is 13.4. The second-order valence-corrected chi connectivity index (χ2v) is 6.79. The molecule has 2 rings (SSSR count). The van der Waals surface area contributed by atoms with Crippen LogP contribution in [0.2, 0.25) is 0 Å². The number of rotatable bonds is 4. The molecule has 0 atom stereocenters. The van der Waals surface area contributed by atoms with Gasteiger partial charge in [-0.2, -0.15) is 5.26 Å². The summed E-state index contributed by atoms with van der Waals surface area (Å²) in [5.41, 5.74) is -0.153. The summed E-state index contributed by atoms with van der Waals surface area (Å²) in [4.78, 5) is 12.5. The molecule has 1 aliphatic rings. The molecule has 0 unspecified atom stereocenters. The number of aliphatic hydroxyl groups is 1. The molecule has 4 heteroatoms. The average Bonchev–Trinajstić information content (AvgIpc) is 2.53. The van der Waals surface area contributed by atoms with Gasteiger partial charge in [-0.05, 0) is 44.4 Å². The van der Waals surface area contributed by atoms with Gasteiger partial charge in [0.05, 0.1) is 22.6 Å². The van der Waals surface area contributed by atoms with Crippen molar-refractivity contribution in [2.75, 3.05) is 6.54 Å². The summed E-state index contributed by atoms with van der Waals surface area (Å²) in [6.45, 7) is 3.97. The fourth-order valence-corrected chi connectivity index (χ4v) is 2.96. The molecule has 118 valence electrons. The first-order valence-corrected chi connectivity index (χ1v) is 7.89. The average molecular weight is 300 g/mol. The molecule has 1 fully saturated rings. The number of benzene rings is 1. The number of hydrogen-bond donors (Lipinski definition) is 2. The minimum absolute atomic E-state index is 0.124. The van der Waals surface area contributed by atoms with Crippen molar-refractivity contribution >= 4 is 5.91 Å². The summed E-state index contributed by atoms with van der Waals surface area (Å²) < 4.78 is 0. The molecule has 0 radical (unpaired) electrons. The van der Waals surface area contributed by atoms with Crippen molar-refractivity contribution < 1.29 is 9.90 Å². The van der Waals surface area contributed by atoms with Crippen LogP contribution in [0.15, 0.2) is 24.3 Å². The quantitative estimate of drug-likeness (QED) is 0.898. The van der Waals surface area contributed by atoms with Crippen molar-refractivity contribution in [2.24, 2.45) is 0 Å². The number of nitrogens with zero attached hydrogens (tertiary/aromatic N) is 1. The van der Waals surface area contributed by atoms with E-state index in [4.69, 9.17) is 5.26 Å². The molecule has 1 saturated carbocycles. The molecule has 0 spiro atoms. The Morgan fingerprint density at radius 2 is 2.05 bits per heavy atom. The molecule has 0 saturated heterocycles. The predicted octanol–water partition coefficient (Wildman–Crippen LogP) is 2.65. The zero-order chi connectivity index (χ0) is 16.2. The summed E-state index contributed by atoms with van der Waals surface area (Å²) in [6.07, 6.45) is 4.68. The fraction of sp³-hybridized carbons (Fsp3) is 0.556. The van der Waals surface area contributed by atoms with Gasteiger partial charge in [0, 0.05) is 6.54 Å². The number of nitrogens with one attached hydrogen (secondary N) is 1. The van der Waals surface area contributed by atoms with E-state index >= 15 is 0 Å². The standard InChI is InChI=1S/C18H24N2O2/c1-17(2,15-8-6-7-14(11-15)12-19)16(21)20-13-18(22)9-4-3-5-10-18/h6-8,11,22H,3-5,9-10,13H2,1-2H3,(H,20,21). The molecule has 2 N–H and O–H groups in total. The Morgan fingerprint density at radius 1 is 1.36 bits per heavy atom. The van der Waals surface area contributed by atoms with Gasteiger partial charge in [-0.3, -0.25) is 4.79 Å². The molecule has 0 heterocycles. The minimum atomic E-state index is -0.765. The summed E-state index contributed by atoms with van der Waals surface area (Å²) in [5.74, 6) is -0.124. The van der Waals surface area contributed by atoms with Crippen molar-refractivity contribution in [1.29, 1.82) is 5.26 Å². The van der Waals surface area contributed by atoms with Gasteiger partial charge < -0.3 is 10.4 Å². The predicted molar refractivity (Wildman–Crippen MR) is 85.2 cm³/mol. The molecular weight excluding hydrogens is 276 g/mol. The van der Waals surface area contributed by atoms with Gasteiger partial charge in [-0.15, -0.1) is 0 Å². The van der Waals surface area contributed by atoms with Crippen LogP contribution in [-0.2, 0) is 10.2 Å². The summed E-state index contributed by atoms with van der Waals surface area (Å²) >= 11 is 0. The number of carbonyl (C=O) groups is 1. The second kappa shape index (κ2) is 6.50. The smallest absolute Gasteiger partial charge is 0.230 e. The van der Waals surface area contributed by atoms with Crippen LogP contribution in [0.25, 0.3) is 0 Å². The highest BCUT2D eigenvalue weighted by Gasteiger charge is 2.34. The zero-order valence-corrected chi connectivity index (χ0v) is 13.4. The Morgan fingerprint density at radius 3 is 2.68 bits per heavy atom. The highest BCUT2D eigenvalue weighted by molar-refractivity contribution is 5.87. The first-order valence-electron chi connectivity index (χ1n) is 7.89. The van der Waals surface area contributed by atoms with Gasteiger partial charge in [-0.1, -0.05) is 31.4 Å². The van der Waals surface area contributed by atoms with Gasteiger partial charge >= 0.3 is 0 Å². The van der Waals surface area contributed by atoms with Crippen LogP contribution in [0.5, 0.6) is 0 Å². The molecule has 1 aliphatic carbocycles. The number of carbonyl (C=O) groups excluding carboxylic acids is 1. The Balaban J connectivity index is 2.05. The van der Waals surface area contributed by atoms with Gasteiger partial charge in [0.1, 0.15) is 0 Å². The van der Waals surface area contributed by atoms with E-state index in [0.717, 1.165) is 37.7 Å². The van der Waals surface area contributed by atoms with E-state index in [2.05, 4.69) is 11.4 Å². The first kappa shape index (κ1) is 16.5. The second-order valence-electron chi connectivity index (χ2n) is 6.79. The third-order valence-electron chi connectivity index (χ3n) is 4.64. The Bertz CT molecular complexity index is 581. The molecule has 0 bridgehead atoms. The van der Waals surface area contributed by atoms with Crippen LogP contribution in [0.1, 0.15) is 57.1 Å². The van der Waals surface area contributed by atoms with Crippen LogP contribution >= 0.6 is 0 Å². The molecule has 0 aliphatic heterocycles. The Kier molecular flexibility index (Phi) is 4.87. The maximum atomic E-state index is 12.5. The third-order valence-corrected chi connectivity index (χ3v) is 4.64. The highest BCUT2D eigenvalue weighted by atomic mass is 16.3.